The normalized spacial score (nSPS) is 16.7. The molecule has 1 aliphatic heterocycles. The van der Waals surface area contributed by atoms with Crippen LogP contribution in [0.25, 0.3) is 0 Å². The quantitative estimate of drug-likeness (QED) is 0.717. The van der Waals surface area contributed by atoms with E-state index in [1.165, 1.54) is 11.3 Å². The zero-order valence-corrected chi connectivity index (χ0v) is 14.1. The molecule has 2 heterocycles. The number of aliphatic imine (C=N–C) groups is 1. The number of halogens is 1. The average Bonchev–Trinajstić information content (AvgIpc) is 2.76. The number of amidine groups is 1. The molecule has 0 amide bonds. The predicted molar refractivity (Wildman–Crippen MR) is 94.0 cm³/mol. The first-order chi connectivity index (χ1) is 10.5. The van der Waals surface area contributed by atoms with Crippen LogP contribution in [0.15, 0.2) is 29.3 Å². The second kappa shape index (κ2) is 5.95. The van der Waals surface area contributed by atoms with Crippen LogP contribution in [0.4, 0.5) is 5.00 Å². The maximum Gasteiger partial charge on any atom is 0.346 e. The summed E-state index contributed by atoms with van der Waals surface area (Å²) in [5.41, 5.74) is 2.61. The molecule has 4 nitrogen and oxygen atoms in total. The number of hydrogen-bond donors (Lipinski definition) is 3. The lowest BCUT2D eigenvalue weighted by molar-refractivity contribution is 0.0701. The van der Waals surface area contributed by atoms with Gasteiger partial charge in [0.2, 0.25) is 0 Å². The van der Waals surface area contributed by atoms with E-state index in [-0.39, 0.29) is 5.37 Å². The van der Waals surface area contributed by atoms with Crippen molar-refractivity contribution >= 4 is 52.4 Å². The molecule has 114 valence electrons. The van der Waals surface area contributed by atoms with Crippen molar-refractivity contribution in [3.05, 3.63) is 50.9 Å². The smallest absolute Gasteiger partial charge is 0.346 e. The van der Waals surface area contributed by atoms with E-state index >= 15 is 0 Å². The first-order valence-corrected chi connectivity index (χ1v) is 8.29. The van der Waals surface area contributed by atoms with E-state index in [4.69, 9.17) is 11.6 Å². The Labute approximate surface area is 142 Å². The van der Waals surface area contributed by atoms with Gasteiger partial charge in [0.05, 0.1) is 0 Å². The SMILES string of the molecule is Cc1c(C(=O)O)sc2c1C(S)N=C(Cc1cccc(Cl)c1)N2. The van der Waals surface area contributed by atoms with Gasteiger partial charge in [0.25, 0.3) is 0 Å². The minimum atomic E-state index is -0.921. The third-order valence-corrected chi connectivity index (χ3v) is 5.26. The lowest BCUT2D eigenvalue weighted by atomic mass is 10.1. The molecule has 3 rings (SSSR count). The van der Waals surface area contributed by atoms with E-state index in [0.717, 1.165) is 27.5 Å². The van der Waals surface area contributed by atoms with E-state index < -0.39 is 5.97 Å². The van der Waals surface area contributed by atoms with Crippen molar-refractivity contribution < 1.29 is 9.90 Å². The minimum Gasteiger partial charge on any atom is -0.477 e. The van der Waals surface area contributed by atoms with Gasteiger partial charge in [-0.15, -0.1) is 24.0 Å². The monoisotopic (exact) mass is 352 g/mol. The fourth-order valence-corrected chi connectivity index (χ4v) is 4.30. The summed E-state index contributed by atoms with van der Waals surface area (Å²) >= 11 is 11.7. The van der Waals surface area contributed by atoms with Gasteiger partial charge >= 0.3 is 5.97 Å². The number of carboxylic acids is 1. The predicted octanol–water partition coefficient (Wildman–Crippen LogP) is 4.40. The van der Waals surface area contributed by atoms with Crippen LogP contribution in [0.2, 0.25) is 5.02 Å². The Morgan fingerprint density at radius 3 is 3.00 bits per heavy atom. The van der Waals surface area contributed by atoms with Gasteiger partial charge in [0.15, 0.2) is 0 Å². The van der Waals surface area contributed by atoms with Crippen molar-refractivity contribution in [3.8, 4) is 0 Å². The number of benzene rings is 1. The summed E-state index contributed by atoms with van der Waals surface area (Å²) in [6.07, 6.45) is 0.594. The molecule has 1 unspecified atom stereocenters. The van der Waals surface area contributed by atoms with Crippen LogP contribution in [0.1, 0.15) is 31.7 Å². The number of carboxylic acid groups (broad SMARTS) is 1. The summed E-state index contributed by atoms with van der Waals surface area (Å²) in [6, 6.07) is 7.57. The molecular weight excluding hydrogens is 340 g/mol. The molecule has 0 spiro atoms. The third-order valence-electron chi connectivity index (χ3n) is 3.44. The van der Waals surface area contributed by atoms with E-state index in [0.29, 0.717) is 16.3 Å². The number of thiol groups is 1. The number of rotatable bonds is 3. The summed E-state index contributed by atoms with van der Waals surface area (Å²) in [4.78, 5) is 16.1. The van der Waals surface area contributed by atoms with Gasteiger partial charge < -0.3 is 10.4 Å². The molecule has 1 aromatic heterocycles. The summed E-state index contributed by atoms with van der Waals surface area (Å²) in [5.74, 6) is -0.163. The topological polar surface area (TPSA) is 61.7 Å². The lowest BCUT2D eigenvalue weighted by Gasteiger charge is -2.20. The molecule has 0 aliphatic carbocycles. The van der Waals surface area contributed by atoms with Crippen molar-refractivity contribution in [3.63, 3.8) is 0 Å². The Hall–Kier alpha value is -1.50. The van der Waals surface area contributed by atoms with Crippen molar-refractivity contribution in [2.45, 2.75) is 18.7 Å². The van der Waals surface area contributed by atoms with Crippen LogP contribution < -0.4 is 5.32 Å². The van der Waals surface area contributed by atoms with Crippen molar-refractivity contribution in [2.75, 3.05) is 5.32 Å². The van der Waals surface area contributed by atoms with E-state index in [1.807, 2.05) is 24.3 Å². The molecule has 0 bridgehead atoms. The minimum absolute atomic E-state index is 0.329. The first-order valence-electron chi connectivity index (χ1n) is 6.58. The zero-order valence-electron chi connectivity index (χ0n) is 11.6. The molecule has 1 aromatic carbocycles. The summed E-state index contributed by atoms with van der Waals surface area (Å²) in [6.45, 7) is 1.79. The molecule has 1 atom stereocenters. The van der Waals surface area contributed by atoms with Gasteiger partial charge in [0, 0.05) is 17.0 Å². The standard InChI is InChI=1S/C15H13ClN2O2S2/c1-7-11-13(21)17-10(6-8-3-2-4-9(16)5-8)18-14(11)22-12(7)15(19)20/h2-5,13,21H,6H2,1H3,(H,17,18)(H,19,20). The largest absolute Gasteiger partial charge is 0.477 e. The van der Waals surface area contributed by atoms with Crippen LogP contribution in [-0.2, 0) is 6.42 Å². The number of fused-ring (bicyclic) bond motifs is 1. The molecule has 7 heteroatoms. The molecule has 2 aromatic rings. The van der Waals surface area contributed by atoms with Crippen molar-refractivity contribution in [2.24, 2.45) is 4.99 Å². The summed E-state index contributed by atoms with van der Waals surface area (Å²) in [5, 5.41) is 13.6. The van der Waals surface area contributed by atoms with E-state index in [2.05, 4.69) is 22.9 Å². The Balaban J connectivity index is 1.89. The first kappa shape index (κ1) is 15.4. The highest BCUT2D eigenvalue weighted by molar-refractivity contribution is 7.80. The molecule has 0 fully saturated rings. The number of hydrogen-bond acceptors (Lipinski definition) is 5. The summed E-state index contributed by atoms with van der Waals surface area (Å²) in [7, 11) is 0. The number of carbonyl (C=O) groups is 1. The van der Waals surface area contributed by atoms with Gasteiger partial charge in [-0.1, -0.05) is 23.7 Å². The van der Waals surface area contributed by atoms with Crippen LogP contribution in [0.3, 0.4) is 0 Å². The van der Waals surface area contributed by atoms with Crippen molar-refractivity contribution in [1.29, 1.82) is 0 Å². The van der Waals surface area contributed by atoms with E-state index in [1.54, 1.807) is 6.92 Å². The van der Waals surface area contributed by atoms with Gasteiger partial charge in [-0.05, 0) is 30.2 Å². The number of nitrogens with zero attached hydrogens (tertiary/aromatic N) is 1. The van der Waals surface area contributed by atoms with Crippen LogP contribution >= 0.6 is 35.6 Å². The van der Waals surface area contributed by atoms with Gasteiger partial charge in [-0.3, -0.25) is 4.99 Å². The maximum atomic E-state index is 11.3. The fourth-order valence-electron chi connectivity index (χ4n) is 2.44. The second-order valence-electron chi connectivity index (χ2n) is 4.99. The van der Waals surface area contributed by atoms with Gasteiger partial charge in [-0.25, -0.2) is 4.79 Å². The molecule has 22 heavy (non-hydrogen) atoms. The van der Waals surface area contributed by atoms with E-state index in [9.17, 15) is 9.90 Å². The highest BCUT2D eigenvalue weighted by Gasteiger charge is 2.27. The Kier molecular flexibility index (Phi) is 4.16. The number of thiophene rings is 1. The van der Waals surface area contributed by atoms with Crippen LogP contribution in [-0.4, -0.2) is 16.9 Å². The lowest BCUT2D eigenvalue weighted by Crippen LogP contribution is -2.20. The Bertz CT molecular complexity index is 786. The molecule has 0 radical (unpaired) electrons. The maximum absolute atomic E-state index is 11.3. The highest BCUT2D eigenvalue weighted by atomic mass is 35.5. The molecular formula is C15H13ClN2O2S2. The molecule has 1 aliphatic rings. The van der Waals surface area contributed by atoms with Crippen LogP contribution in [0.5, 0.6) is 0 Å². The Morgan fingerprint density at radius 2 is 2.32 bits per heavy atom. The molecule has 2 N–H and O–H groups in total. The average molecular weight is 353 g/mol. The zero-order chi connectivity index (χ0) is 15.9. The summed E-state index contributed by atoms with van der Waals surface area (Å²) < 4.78 is 0. The van der Waals surface area contributed by atoms with Gasteiger partial charge in [0.1, 0.15) is 21.1 Å². The molecule has 0 saturated heterocycles. The van der Waals surface area contributed by atoms with Crippen LogP contribution in [0, 0.1) is 6.92 Å². The number of anilines is 1. The third kappa shape index (κ3) is 2.86. The number of nitrogens with one attached hydrogen (secondary N) is 1. The fraction of sp³-hybridized carbons (Fsp3) is 0.200. The van der Waals surface area contributed by atoms with Gasteiger partial charge in [-0.2, -0.15) is 0 Å². The second-order valence-corrected chi connectivity index (χ2v) is 6.93. The Morgan fingerprint density at radius 1 is 1.55 bits per heavy atom. The molecule has 0 saturated carbocycles. The van der Waals surface area contributed by atoms with Crippen molar-refractivity contribution in [1.82, 2.24) is 0 Å². The number of aromatic carboxylic acids is 1. The highest BCUT2D eigenvalue weighted by Crippen LogP contribution is 2.42.